The van der Waals surface area contributed by atoms with Crippen molar-refractivity contribution in [2.24, 2.45) is 0 Å². The van der Waals surface area contributed by atoms with E-state index in [1.165, 1.54) is 4.90 Å². The Hall–Kier alpha value is -3.41. The van der Waals surface area contributed by atoms with E-state index in [1.807, 2.05) is 0 Å². The van der Waals surface area contributed by atoms with Crippen LogP contribution in [0, 0.1) is 0 Å². The number of rotatable bonds is 3. The molecule has 1 heterocycles. The van der Waals surface area contributed by atoms with Crippen LogP contribution in [0.3, 0.4) is 0 Å². The summed E-state index contributed by atoms with van der Waals surface area (Å²) >= 11 is 0. The Kier molecular flexibility index (Phi) is 6.26. The van der Waals surface area contributed by atoms with Crippen molar-refractivity contribution in [3.05, 3.63) is 71.3 Å². The average molecular weight is 436 g/mol. The van der Waals surface area contributed by atoms with Crippen LogP contribution in [0.5, 0.6) is 0 Å². The van der Waals surface area contributed by atoms with Crippen LogP contribution in [0.25, 0.3) is 6.08 Å². The van der Waals surface area contributed by atoms with Crippen LogP contribution in [-0.4, -0.2) is 35.1 Å². The maximum absolute atomic E-state index is 13.6. The van der Waals surface area contributed by atoms with Crippen LogP contribution in [0.1, 0.15) is 57.5 Å². The second-order valence-electron chi connectivity index (χ2n) is 9.64. The third-order valence-electron chi connectivity index (χ3n) is 4.56. The van der Waals surface area contributed by atoms with Crippen molar-refractivity contribution in [1.82, 2.24) is 0 Å². The van der Waals surface area contributed by atoms with Gasteiger partial charge in [0.25, 0.3) is 5.91 Å². The van der Waals surface area contributed by atoms with Crippen LogP contribution < -0.4 is 4.90 Å². The summed E-state index contributed by atoms with van der Waals surface area (Å²) in [5.41, 5.74) is 0.0105. The van der Waals surface area contributed by atoms with E-state index in [9.17, 15) is 14.4 Å². The number of carbonyl (C=O) groups excluding carboxylic acids is 3. The molecule has 0 aliphatic carbocycles. The van der Waals surface area contributed by atoms with Crippen molar-refractivity contribution in [2.75, 3.05) is 4.90 Å². The van der Waals surface area contributed by atoms with Gasteiger partial charge in [-0.25, -0.2) is 9.59 Å². The van der Waals surface area contributed by atoms with Gasteiger partial charge in [-0.15, -0.1) is 0 Å². The molecule has 1 aliphatic heterocycles. The van der Waals surface area contributed by atoms with Crippen molar-refractivity contribution in [2.45, 2.75) is 58.8 Å². The standard InChI is InChI=1S/C26H29NO5/c1-25(2,3)31-23(29)19-16-18-14-10-11-15-20(18)27(21(19)24(30)32-26(4,5)6)22(28)17-12-8-7-9-13-17/h7-16,21H,1-6H3. The maximum Gasteiger partial charge on any atom is 0.337 e. The molecule has 0 aromatic heterocycles. The highest BCUT2D eigenvalue weighted by atomic mass is 16.6. The largest absolute Gasteiger partial charge is 0.458 e. The number of fused-ring (bicyclic) bond motifs is 1. The van der Waals surface area contributed by atoms with Gasteiger partial charge >= 0.3 is 11.9 Å². The minimum absolute atomic E-state index is 0.0529. The zero-order valence-corrected chi connectivity index (χ0v) is 19.3. The SMILES string of the molecule is CC(C)(C)OC(=O)C1=Cc2ccccc2N(C(=O)c2ccccc2)C1C(=O)OC(C)(C)C. The fourth-order valence-electron chi connectivity index (χ4n) is 3.40. The topological polar surface area (TPSA) is 72.9 Å². The first-order chi connectivity index (χ1) is 14.9. The zero-order valence-electron chi connectivity index (χ0n) is 19.3. The van der Waals surface area contributed by atoms with E-state index < -0.39 is 35.1 Å². The second kappa shape index (κ2) is 8.61. The molecular weight excluding hydrogens is 406 g/mol. The summed E-state index contributed by atoms with van der Waals surface area (Å²) < 4.78 is 11.2. The predicted octanol–water partition coefficient (Wildman–Crippen LogP) is 4.78. The number of para-hydroxylation sites is 1. The van der Waals surface area contributed by atoms with Crippen molar-refractivity contribution in [3.63, 3.8) is 0 Å². The Labute approximate surface area is 188 Å². The van der Waals surface area contributed by atoms with Gasteiger partial charge in [0.05, 0.1) is 11.3 Å². The quantitative estimate of drug-likeness (QED) is 0.649. The Morgan fingerprint density at radius 1 is 0.781 bits per heavy atom. The van der Waals surface area contributed by atoms with Gasteiger partial charge in [0, 0.05) is 5.56 Å². The van der Waals surface area contributed by atoms with E-state index in [1.54, 1.807) is 102 Å². The first-order valence-corrected chi connectivity index (χ1v) is 10.5. The predicted molar refractivity (Wildman–Crippen MR) is 123 cm³/mol. The number of carbonyl (C=O) groups is 3. The molecule has 2 aromatic rings. The average Bonchev–Trinajstić information content (AvgIpc) is 2.70. The van der Waals surface area contributed by atoms with Crippen molar-refractivity contribution in [1.29, 1.82) is 0 Å². The molecule has 32 heavy (non-hydrogen) atoms. The van der Waals surface area contributed by atoms with Gasteiger partial charge in [0.2, 0.25) is 0 Å². The summed E-state index contributed by atoms with van der Waals surface area (Å²) in [5.74, 6) is -1.79. The molecule has 0 saturated heterocycles. The monoisotopic (exact) mass is 435 g/mol. The number of amides is 1. The zero-order chi connectivity index (χ0) is 23.7. The van der Waals surface area contributed by atoms with Crippen LogP contribution in [0.4, 0.5) is 5.69 Å². The van der Waals surface area contributed by atoms with Crippen LogP contribution in [0.2, 0.25) is 0 Å². The van der Waals surface area contributed by atoms with Gasteiger partial charge in [-0.2, -0.15) is 0 Å². The molecule has 0 bridgehead atoms. The van der Waals surface area contributed by atoms with Crippen molar-refractivity contribution < 1.29 is 23.9 Å². The number of hydrogen-bond acceptors (Lipinski definition) is 5. The second-order valence-corrected chi connectivity index (χ2v) is 9.64. The minimum atomic E-state index is -1.29. The molecular formula is C26H29NO5. The summed E-state index contributed by atoms with van der Waals surface area (Å²) in [5, 5.41) is 0. The lowest BCUT2D eigenvalue weighted by Gasteiger charge is -2.37. The van der Waals surface area contributed by atoms with E-state index in [0.717, 1.165) is 0 Å². The van der Waals surface area contributed by atoms with E-state index in [0.29, 0.717) is 16.8 Å². The summed E-state index contributed by atoms with van der Waals surface area (Å²) in [6.07, 6.45) is 1.60. The Bertz CT molecular complexity index is 1060. The minimum Gasteiger partial charge on any atom is -0.458 e. The van der Waals surface area contributed by atoms with Crippen LogP contribution in [-0.2, 0) is 19.1 Å². The van der Waals surface area contributed by atoms with Gasteiger partial charge in [0.1, 0.15) is 11.2 Å². The lowest BCUT2D eigenvalue weighted by atomic mass is 9.93. The van der Waals surface area contributed by atoms with E-state index in [4.69, 9.17) is 9.47 Å². The number of ether oxygens (including phenoxy) is 2. The first kappa shape index (κ1) is 23.3. The van der Waals surface area contributed by atoms with E-state index >= 15 is 0 Å². The third kappa shape index (κ3) is 5.25. The first-order valence-electron chi connectivity index (χ1n) is 10.5. The Morgan fingerprint density at radius 2 is 1.34 bits per heavy atom. The molecule has 3 rings (SSSR count). The molecule has 2 aromatic carbocycles. The molecule has 1 atom stereocenters. The highest BCUT2D eigenvalue weighted by Gasteiger charge is 2.44. The molecule has 0 N–H and O–H groups in total. The smallest absolute Gasteiger partial charge is 0.337 e. The Balaban J connectivity index is 2.19. The molecule has 0 fully saturated rings. The Morgan fingerprint density at radius 3 is 1.94 bits per heavy atom. The fraction of sp³-hybridized carbons (Fsp3) is 0.346. The molecule has 6 heteroatoms. The van der Waals surface area contributed by atoms with Gasteiger partial charge in [-0.05, 0) is 71.4 Å². The lowest BCUT2D eigenvalue weighted by molar-refractivity contribution is -0.159. The summed E-state index contributed by atoms with van der Waals surface area (Å²) in [4.78, 5) is 41.5. The van der Waals surface area contributed by atoms with Crippen molar-refractivity contribution >= 4 is 29.6 Å². The third-order valence-corrected chi connectivity index (χ3v) is 4.56. The highest BCUT2D eigenvalue weighted by Crippen LogP contribution is 2.36. The normalized spacial score (nSPS) is 16.0. The number of hydrogen-bond donors (Lipinski definition) is 0. The maximum atomic E-state index is 13.6. The number of nitrogens with zero attached hydrogens (tertiary/aromatic N) is 1. The molecule has 168 valence electrons. The molecule has 6 nitrogen and oxygen atoms in total. The highest BCUT2D eigenvalue weighted by molar-refractivity contribution is 6.16. The van der Waals surface area contributed by atoms with Crippen LogP contribution in [0.15, 0.2) is 60.2 Å². The van der Waals surface area contributed by atoms with E-state index in [2.05, 4.69) is 0 Å². The molecule has 1 aliphatic rings. The molecule has 1 amide bonds. The number of anilines is 1. The summed E-state index contributed by atoms with van der Waals surface area (Å²) in [6, 6.07) is 14.5. The van der Waals surface area contributed by atoms with Gasteiger partial charge in [-0.3, -0.25) is 9.69 Å². The number of esters is 2. The molecule has 0 saturated carbocycles. The van der Waals surface area contributed by atoms with E-state index in [-0.39, 0.29) is 5.57 Å². The van der Waals surface area contributed by atoms with Gasteiger partial charge in [-0.1, -0.05) is 36.4 Å². The molecule has 0 radical (unpaired) electrons. The van der Waals surface area contributed by atoms with Crippen molar-refractivity contribution in [3.8, 4) is 0 Å². The summed E-state index contributed by atoms with van der Waals surface area (Å²) in [7, 11) is 0. The summed E-state index contributed by atoms with van der Waals surface area (Å²) in [6.45, 7) is 10.5. The van der Waals surface area contributed by atoms with Gasteiger partial charge in [0.15, 0.2) is 6.04 Å². The number of benzene rings is 2. The molecule has 0 spiro atoms. The lowest BCUT2D eigenvalue weighted by Crippen LogP contribution is -2.52. The molecule has 1 unspecified atom stereocenters. The van der Waals surface area contributed by atoms with Crippen LogP contribution >= 0.6 is 0 Å². The fourth-order valence-corrected chi connectivity index (χ4v) is 3.40. The van der Waals surface area contributed by atoms with Gasteiger partial charge < -0.3 is 9.47 Å².